The Morgan fingerprint density at radius 2 is 1.85 bits per heavy atom. The predicted octanol–water partition coefficient (Wildman–Crippen LogP) is 0.316. The Kier molecular flexibility index (Phi) is 5.40. The Bertz CT molecular complexity index is 357. The second-order valence-corrected chi connectivity index (χ2v) is 6.65. The normalized spacial score (nSPS) is 29.6. The Hall–Kier alpha value is -1.10. The minimum absolute atomic E-state index is 0.0492. The van der Waals surface area contributed by atoms with Crippen LogP contribution < -0.4 is 15.5 Å². The van der Waals surface area contributed by atoms with Crippen molar-refractivity contribution in [3.05, 3.63) is 0 Å². The van der Waals surface area contributed by atoms with E-state index in [1.165, 1.54) is 37.0 Å². The molecule has 1 saturated heterocycles. The molecule has 2 rings (SSSR count). The Balaban J connectivity index is 1.73. The van der Waals surface area contributed by atoms with Crippen molar-refractivity contribution in [1.82, 2.24) is 10.6 Å². The van der Waals surface area contributed by atoms with Gasteiger partial charge in [0.25, 0.3) is 5.91 Å². The van der Waals surface area contributed by atoms with Crippen LogP contribution in [0.25, 0.3) is 0 Å². The lowest BCUT2D eigenvalue weighted by molar-refractivity contribution is -0.902. The first kappa shape index (κ1) is 15.3. The molecule has 1 aliphatic carbocycles. The van der Waals surface area contributed by atoms with Crippen LogP contribution in [0.3, 0.4) is 0 Å². The molecule has 114 valence electrons. The molecule has 1 saturated carbocycles. The van der Waals surface area contributed by atoms with Crippen LogP contribution in [0.2, 0.25) is 0 Å². The lowest BCUT2D eigenvalue weighted by Gasteiger charge is -2.38. The van der Waals surface area contributed by atoms with Crippen molar-refractivity contribution in [1.29, 1.82) is 0 Å². The summed E-state index contributed by atoms with van der Waals surface area (Å²) in [5.74, 6) is 1.53. The van der Waals surface area contributed by atoms with Gasteiger partial charge in [-0.2, -0.15) is 0 Å². The van der Waals surface area contributed by atoms with Gasteiger partial charge < -0.3 is 10.2 Å². The Morgan fingerprint density at radius 3 is 2.55 bits per heavy atom. The fourth-order valence-corrected chi connectivity index (χ4v) is 3.65. The van der Waals surface area contributed by atoms with E-state index in [-0.39, 0.29) is 18.0 Å². The van der Waals surface area contributed by atoms with Gasteiger partial charge in [-0.25, -0.2) is 4.79 Å². The van der Waals surface area contributed by atoms with Gasteiger partial charge >= 0.3 is 6.03 Å². The number of hydrogen-bond acceptors (Lipinski definition) is 2. The Labute approximate surface area is 121 Å². The summed E-state index contributed by atoms with van der Waals surface area (Å²) in [5, 5.41) is 5.10. The van der Waals surface area contributed by atoms with Crippen LogP contribution >= 0.6 is 0 Å². The van der Waals surface area contributed by atoms with E-state index in [4.69, 9.17) is 0 Å². The maximum absolute atomic E-state index is 11.9. The third kappa shape index (κ3) is 4.47. The lowest BCUT2D eigenvalue weighted by atomic mass is 9.75. The molecule has 5 heteroatoms. The van der Waals surface area contributed by atoms with Crippen molar-refractivity contribution >= 4 is 11.9 Å². The second-order valence-electron chi connectivity index (χ2n) is 6.65. The molecule has 0 spiro atoms. The number of amides is 3. The number of carbonyl (C=O) groups is 2. The summed E-state index contributed by atoms with van der Waals surface area (Å²) in [4.78, 5) is 24.7. The van der Waals surface area contributed by atoms with Gasteiger partial charge in [0.05, 0.1) is 13.1 Å². The predicted molar refractivity (Wildman–Crippen MR) is 77.4 cm³/mol. The number of piperidine rings is 1. The van der Waals surface area contributed by atoms with Crippen molar-refractivity contribution in [3.63, 3.8) is 0 Å². The zero-order valence-corrected chi connectivity index (χ0v) is 12.7. The highest BCUT2D eigenvalue weighted by Gasteiger charge is 2.34. The van der Waals surface area contributed by atoms with E-state index in [0.717, 1.165) is 24.9 Å². The average molecular weight is 282 g/mol. The summed E-state index contributed by atoms with van der Waals surface area (Å²) >= 11 is 0. The molecule has 0 aromatic heterocycles. The highest BCUT2D eigenvalue weighted by Crippen LogP contribution is 2.32. The standard InChI is InChI=1S/C15H27N3O2/c1-11(2)16-15(20)17-14(19)10-18-8-7-12-5-3-4-6-13(12)9-18/h11-13H,3-10H2,1-2H3,(H2,16,17,19,20)/p+1/t12-,13+/m0/s1. The van der Waals surface area contributed by atoms with Crippen molar-refractivity contribution < 1.29 is 14.5 Å². The van der Waals surface area contributed by atoms with Crippen LogP contribution in [-0.2, 0) is 4.79 Å². The van der Waals surface area contributed by atoms with Crippen LogP contribution in [0.5, 0.6) is 0 Å². The number of carbonyl (C=O) groups excluding carboxylic acids is 2. The second kappa shape index (κ2) is 7.07. The summed E-state index contributed by atoms with van der Waals surface area (Å²) in [6.45, 7) is 6.35. The number of rotatable bonds is 3. The molecule has 3 N–H and O–H groups in total. The summed E-state index contributed by atoms with van der Waals surface area (Å²) in [6, 6.07) is -0.329. The monoisotopic (exact) mass is 282 g/mol. The molecular formula is C15H28N3O2+. The average Bonchev–Trinajstić information content (AvgIpc) is 2.37. The molecule has 20 heavy (non-hydrogen) atoms. The van der Waals surface area contributed by atoms with Gasteiger partial charge in [-0.3, -0.25) is 10.1 Å². The van der Waals surface area contributed by atoms with Crippen LogP contribution in [0.15, 0.2) is 0 Å². The molecule has 0 bridgehead atoms. The molecule has 3 atom stereocenters. The van der Waals surface area contributed by atoms with Crippen LogP contribution in [0.1, 0.15) is 46.0 Å². The molecule has 2 aliphatic rings. The molecular weight excluding hydrogens is 254 g/mol. The van der Waals surface area contributed by atoms with Gasteiger partial charge in [0.1, 0.15) is 0 Å². The van der Waals surface area contributed by atoms with Gasteiger partial charge in [0.15, 0.2) is 6.54 Å². The molecule has 5 nitrogen and oxygen atoms in total. The summed E-state index contributed by atoms with van der Waals surface area (Å²) in [5.41, 5.74) is 0. The number of likely N-dealkylation sites (tertiary alicyclic amines) is 1. The van der Waals surface area contributed by atoms with E-state index in [2.05, 4.69) is 10.6 Å². The molecule has 0 aromatic carbocycles. The first-order valence-corrected chi connectivity index (χ1v) is 7.98. The molecule has 3 amide bonds. The van der Waals surface area contributed by atoms with E-state index in [9.17, 15) is 9.59 Å². The van der Waals surface area contributed by atoms with Crippen molar-refractivity contribution in [2.24, 2.45) is 11.8 Å². The van der Waals surface area contributed by atoms with Gasteiger partial charge in [0, 0.05) is 12.0 Å². The quantitative estimate of drug-likeness (QED) is 0.698. The third-order valence-corrected chi connectivity index (χ3v) is 4.57. The number of quaternary nitrogens is 1. The lowest BCUT2D eigenvalue weighted by Crippen LogP contribution is -3.15. The minimum atomic E-state index is -0.378. The SMILES string of the molecule is CC(C)NC(=O)NC(=O)C[NH+]1CC[C@@H]2CCCC[C@@H]2C1. The topological polar surface area (TPSA) is 62.6 Å². The minimum Gasteiger partial charge on any atom is -0.336 e. The summed E-state index contributed by atoms with van der Waals surface area (Å²) < 4.78 is 0. The number of imide groups is 1. The zero-order chi connectivity index (χ0) is 14.5. The van der Waals surface area contributed by atoms with Gasteiger partial charge in [-0.15, -0.1) is 0 Å². The molecule has 1 heterocycles. The Morgan fingerprint density at radius 1 is 1.15 bits per heavy atom. The fourth-order valence-electron chi connectivity index (χ4n) is 3.65. The van der Waals surface area contributed by atoms with E-state index >= 15 is 0 Å². The number of fused-ring (bicyclic) bond motifs is 1. The number of nitrogens with one attached hydrogen (secondary N) is 3. The van der Waals surface area contributed by atoms with Gasteiger partial charge in [0.2, 0.25) is 0 Å². The summed E-state index contributed by atoms with van der Waals surface area (Å²) in [7, 11) is 0. The molecule has 0 radical (unpaired) electrons. The zero-order valence-electron chi connectivity index (χ0n) is 12.7. The van der Waals surface area contributed by atoms with Crippen LogP contribution in [-0.4, -0.2) is 37.6 Å². The van der Waals surface area contributed by atoms with E-state index in [0.29, 0.717) is 6.54 Å². The van der Waals surface area contributed by atoms with Crippen molar-refractivity contribution in [2.45, 2.75) is 52.0 Å². The molecule has 1 aliphatic heterocycles. The fraction of sp³-hybridized carbons (Fsp3) is 0.867. The summed E-state index contributed by atoms with van der Waals surface area (Å²) in [6.07, 6.45) is 6.67. The largest absolute Gasteiger partial charge is 0.336 e. The first-order valence-electron chi connectivity index (χ1n) is 7.98. The number of hydrogen-bond donors (Lipinski definition) is 3. The maximum Gasteiger partial charge on any atom is 0.321 e. The van der Waals surface area contributed by atoms with Crippen molar-refractivity contribution in [2.75, 3.05) is 19.6 Å². The van der Waals surface area contributed by atoms with Crippen LogP contribution in [0, 0.1) is 11.8 Å². The van der Waals surface area contributed by atoms with Gasteiger partial charge in [-0.05, 0) is 39.0 Å². The van der Waals surface area contributed by atoms with Crippen LogP contribution in [0.4, 0.5) is 4.79 Å². The third-order valence-electron chi connectivity index (χ3n) is 4.57. The van der Waals surface area contributed by atoms with E-state index in [1.807, 2.05) is 13.8 Å². The first-order chi connectivity index (χ1) is 9.54. The molecule has 1 unspecified atom stereocenters. The smallest absolute Gasteiger partial charge is 0.321 e. The van der Waals surface area contributed by atoms with E-state index in [1.54, 1.807) is 0 Å². The highest BCUT2D eigenvalue weighted by atomic mass is 16.2. The van der Waals surface area contributed by atoms with E-state index < -0.39 is 0 Å². The maximum atomic E-state index is 11.9. The molecule has 0 aromatic rings. The van der Waals surface area contributed by atoms with Gasteiger partial charge in [-0.1, -0.05) is 12.8 Å². The highest BCUT2D eigenvalue weighted by molar-refractivity contribution is 5.94. The van der Waals surface area contributed by atoms with Crippen molar-refractivity contribution in [3.8, 4) is 0 Å². The number of urea groups is 1. The molecule has 2 fully saturated rings.